The number of rotatable bonds is 4. The molecule has 0 bridgehead atoms. The lowest BCUT2D eigenvalue weighted by Crippen LogP contribution is -2.18. The normalized spacial score (nSPS) is 17.5. The van der Waals surface area contributed by atoms with Gasteiger partial charge in [0.15, 0.2) is 0 Å². The fourth-order valence-electron chi connectivity index (χ4n) is 2.54. The van der Waals surface area contributed by atoms with Gasteiger partial charge in [0.2, 0.25) is 5.91 Å². The van der Waals surface area contributed by atoms with Gasteiger partial charge >= 0.3 is 5.97 Å². The topological polar surface area (TPSA) is 55.4 Å². The Hall–Kier alpha value is -1.36. The minimum atomic E-state index is -0.316. The minimum Gasteiger partial charge on any atom is -0.459 e. The number of hydrogen-bond acceptors (Lipinski definition) is 4. The van der Waals surface area contributed by atoms with Crippen molar-refractivity contribution in [3.05, 3.63) is 16.0 Å². The van der Waals surface area contributed by atoms with Gasteiger partial charge in [-0.25, -0.2) is 4.79 Å². The molecule has 0 aromatic carbocycles. The molecule has 0 fully saturated rings. The summed E-state index contributed by atoms with van der Waals surface area (Å²) in [6.45, 7) is 7.70. The van der Waals surface area contributed by atoms with Crippen molar-refractivity contribution in [3.8, 4) is 0 Å². The summed E-state index contributed by atoms with van der Waals surface area (Å²) in [5.41, 5.74) is 1.66. The van der Waals surface area contributed by atoms with Gasteiger partial charge in [-0.05, 0) is 44.6 Å². The number of carbonyl (C=O) groups is 2. The number of ether oxygens (including phenoxy) is 1. The number of amides is 1. The molecule has 2 rings (SSSR count). The van der Waals surface area contributed by atoms with Crippen LogP contribution in [0.3, 0.4) is 0 Å². The largest absolute Gasteiger partial charge is 0.459 e. The molecule has 0 spiro atoms. The molecule has 0 saturated carbocycles. The third kappa shape index (κ3) is 3.64. The van der Waals surface area contributed by atoms with E-state index < -0.39 is 0 Å². The van der Waals surface area contributed by atoms with Crippen molar-refractivity contribution in [1.29, 1.82) is 0 Å². The van der Waals surface area contributed by atoms with E-state index in [4.69, 9.17) is 4.74 Å². The molecule has 0 radical (unpaired) electrons. The van der Waals surface area contributed by atoms with Crippen LogP contribution in [0.4, 0.5) is 5.00 Å². The Labute approximate surface area is 129 Å². The number of anilines is 1. The smallest absolute Gasteiger partial charge is 0.341 e. The number of nitrogens with one attached hydrogen (secondary N) is 1. The second-order valence-electron chi connectivity index (χ2n) is 5.91. The Morgan fingerprint density at radius 2 is 2.14 bits per heavy atom. The van der Waals surface area contributed by atoms with E-state index in [0.717, 1.165) is 24.8 Å². The van der Waals surface area contributed by atoms with Crippen molar-refractivity contribution in [2.45, 2.75) is 59.5 Å². The molecule has 1 aliphatic rings. The van der Waals surface area contributed by atoms with Gasteiger partial charge in [0.05, 0.1) is 11.7 Å². The SMILES string of the molecule is CCC(=O)Nc1sc2c(c1C(=O)OC(C)C)CCC(C)C2. The first-order chi connectivity index (χ1) is 9.92. The van der Waals surface area contributed by atoms with E-state index in [1.165, 1.54) is 16.2 Å². The van der Waals surface area contributed by atoms with Crippen LogP contribution in [0.15, 0.2) is 0 Å². The number of thiophene rings is 1. The average Bonchev–Trinajstić information content (AvgIpc) is 2.74. The first kappa shape index (κ1) is 16.0. The molecule has 0 saturated heterocycles. The van der Waals surface area contributed by atoms with Gasteiger partial charge in [0, 0.05) is 11.3 Å². The Morgan fingerprint density at radius 3 is 2.76 bits per heavy atom. The Kier molecular flexibility index (Phi) is 5.04. The van der Waals surface area contributed by atoms with Crippen molar-refractivity contribution < 1.29 is 14.3 Å². The first-order valence-electron chi connectivity index (χ1n) is 7.57. The lowest BCUT2D eigenvalue weighted by atomic mass is 9.88. The highest BCUT2D eigenvalue weighted by atomic mass is 32.1. The highest BCUT2D eigenvalue weighted by Crippen LogP contribution is 2.40. The van der Waals surface area contributed by atoms with Gasteiger partial charge in [-0.2, -0.15) is 0 Å². The highest BCUT2D eigenvalue weighted by molar-refractivity contribution is 7.17. The maximum Gasteiger partial charge on any atom is 0.341 e. The molecule has 4 nitrogen and oxygen atoms in total. The van der Waals surface area contributed by atoms with Crippen molar-refractivity contribution >= 4 is 28.2 Å². The summed E-state index contributed by atoms with van der Waals surface area (Å²) in [5, 5.41) is 3.52. The summed E-state index contributed by atoms with van der Waals surface area (Å²) in [4.78, 5) is 25.3. The van der Waals surface area contributed by atoms with Crippen molar-refractivity contribution in [2.75, 3.05) is 5.32 Å². The molecule has 5 heteroatoms. The van der Waals surface area contributed by atoms with E-state index in [0.29, 0.717) is 22.9 Å². The number of carbonyl (C=O) groups excluding carboxylic acids is 2. The van der Waals surface area contributed by atoms with E-state index in [1.54, 1.807) is 6.92 Å². The molecule has 116 valence electrons. The Balaban J connectivity index is 2.38. The number of esters is 1. The van der Waals surface area contributed by atoms with Gasteiger partial charge in [0.1, 0.15) is 5.00 Å². The third-order valence-electron chi connectivity index (χ3n) is 3.63. The molecule has 0 aliphatic heterocycles. The zero-order valence-electron chi connectivity index (χ0n) is 13.1. The van der Waals surface area contributed by atoms with Crippen molar-refractivity contribution in [2.24, 2.45) is 5.92 Å². The van der Waals surface area contributed by atoms with Crippen LogP contribution in [0.5, 0.6) is 0 Å². The van der Waals surface area contributed by atoms with E-state index in [9.17, 15) is 9.59 Å². The van der Waals surface area contributed by atoms with E-state index in [1.807, 2.05) is 13.8 Å². The van der Waals surface area contributed by atoms with E-state index in [-0.39, 0.29) is 18.0 Å². The monoisotopic (exact) mass is 309 g/mol. The van der Waals surface area contributed by atoms with Gasteiger partial charge in [-0.3, -0.25) is 4.79 Å². The summed E-state index contributed by atoms with van der Waals surface area (Å²) in [6.07, 6.45) is 3.18. The zero-order chi connectivity index (χ0) is 15.6. The predicted molar refractivity (Wildman–Crippen MR) is 85.0 cm³/mol. The van der Waals surface area contributed by atoms with Crippen LogP contribution in [-0.4, -0.2) is 18.0 Å². The summed E-state index contributed by atoms with van der Waals surface area (Å²) in [7, 11) is 0. The maximum atomic E-state index is 12.4. The fourth-order valence-corrected chi connectivity index (χ4v) is 3.96. The van der Waals surface area contributed by atoms with E-state index in [2.05, 4.69) is 12.2 Å². The molecular formula is C16H23NO3S. The molecular weight excluding hydrogens is 286 g/mol. The molecule has 1 aromatic heterocycles. The van der Waals surface area contributed by atoms with Crippen LogP contribution in [0.1, 0.15) is 61.3 Å². The second-order valence-corrected chi connectivity index (χ2v) is 7.02. The predicted octanol–water partition coefficient (Wildman–Crippen LogP) is 3.79. The summed E-state index contributed by atoms with van der Waals surface area (Å²) in [5.74, 6) is 0.239. The van der Waals surface area contributed by atoms with Crippen molar-refractivity contribution in [3.63, 3.8) is 0 Å². The van der Waals surface area contributed by atoms with Crippen LogP contribution in [0, 0.1) is 5.92 Å². The summed E-state index contributed by atoms with van der Waals surface area (Å²) < 4.78 is 5.36. The molecule has 1 unspecified atom stereocenters. The lowest BCUT2D eigenvalue weighted by Gasteiger charge is -2.18. The molecule has 1 atom stereocenters. The zero-order valence-corrected chi connectivity index (χ0v) is 13.9. The van der Waals surface area contributed by atoms with Crippen LogP contribution >= 0.6 is 11.3 Å². The second kappa shape index (κ2) is 6.60. The summed E-state index contributed by atoms with van der Waals surface area (Å²) >= 11 is 1.53. The van der Waals surface area contributed by atoms with Crippen molar-refractivity contribution in [1.82, 2.24) is 0 Å². The van der Waals surface area contributed by atoms with Gasteiger partial charge < -0.3 is 10.1 Å². The fraction of sp³-hybridized carbons (Fsp3) is 0.625. The number of fused-ring (bicyclic) bond motifs is 1. The van der Waals surface area contributed by atoms with Crippen LogP contribution in [0.25, 0.3) is 0 Å². The number of hydrogen-bond donors (Lipinski definition) is 1. The average molecular weight is 309 g/mol. The third-order valence-corrected chi connectivity index (χ3v) is 4.80. The van der Waals surface area contributed by atoms with Gasteiger partial charge in [-0.1, -0.05) is 13.8 Å². The molecule has 21 heavy (non-hydrogen) atoms. The molecule has 1 heterocycles. The standard InChI is InChI=1S/C16H23NO3S/c1-5-13(18)17-15-14(16(19)20-9(2)3)11-7-6-10(4)8-12(11)21-15/h9-10H,5-8H2,1-4H3,(H,17,18). The van der Waals surface area contributed by atoms with Gasteiger partial charge in [-0.15, -0.1) is 11.3 Å². The van der Waals surface area contributed by atoms with Gasteiger partial charge in [0.25, 0.3) is 0 Å². The lowest BCUT2D eigenvalue weighted by molar-refractivity contribution is -0.115. The van der Waals surface area contributed by atoms with E-state index >= 15 is 0 Å². The first-order valence-corrected chi connectivity index (χ1v) is 8.39. The Bertz CT molecular complexity index is 548. The molecule has 1 aromatic rings. The van der Waals surface area contributed by atoms with Crippen LogP contribution < -0.4 is 5.32 Å². The molecule has 1 aliphatic carbocycles. The highest BCUT2D eigenvalue weighted by Gasteiger charge is 2.29. The molecule has 1 amide bonds. The summed E-state index contributed by atoms with van der Waals surface area (Å²) in [6, 6.07) is 0. The van der Waals surface area contributed by atoms with Crippen LogP contribution in [0.2, 0.25) is 0 Å². The Morgan fingerprint density at radius 1 is 1.43 bits per heavy atom. The molecule has 1 N–H and O–H groups in total. The van der Waals surface area contributed by atoms with Crippen LogP contribution in [-0.2, 0) is 22.4 Å². The maximum absolute atomic E-state index is 12.4. The minimum absolute atomic E-state index is 0.0692. The quantitative estimate of drug-likeness (QED) is 0.861.